The van der Waals surface area contributed by atoms with Crippen molar-refractivity contribution in [2.75, 3.05) is 6.61 Å². The van der Waals surface area contributed by atoms with Crippen molar-refractivity contribution in [3.63, 3.8) is 0 Å². The number of aromatic nitrogens is 1. The Labute approximate surface area is 125 Å². The number of esters is 1. The summed E-state index contributed by atoms with van der Waals surface area (Å²) in [4.78, 5) is 25.3. The standard InChI is InChI=1S/C16H13NO3S/c1-2-20-16(19)13-10-11-8-9-14(18)17(15(11)21-13)12-6-4-3-5-7-12/h3-10H,2H2,1H3. The molecule has 0 N–H and O–H groups in total. The number of hydrogen-bond acceptors (Lipinski definition) is 4. The van der Waals surface area contributed by atoms with Crippen molar-refractivity contribution >= 4 is 27.5 Å². The molecule has 3 aromatic rings. The topological polar surface area (TPSA) is 48.3 Å². The lowest BCUT2D eigenvalue weighted by molar-refractivity contribution is 0.0532. The summed E-state index contributed by atoms with van der Waals surface area (Å²) in [5.74, 6) is -0.356. The first-order valence-electron chi connectivity index (χ1n) is 6.59. The zero-order chi connectivity index (χ0) is 14.8. The van der Waals surface area contributed by atoms with Gasteiger partial charge in [-0.1, -0.05) is 18.2 Å². The van der Waals surface area contributed by atoms with Gasteiger partial charge in [0.1, 0.15) is 9.71 Å². The van der Waals surface area contributed by atoms with Crippen molar-refractivity contribution < 1.29 is 9.53 Å². The Hall–Kier alpha value is -2.40. The highest BCUT2D eigenvalue weighted by Crippen LogP contribution is 2.26. The van der Waals surface area contributed by atoms with Crippen LogP contribution >= 0.6 is 11.3 Å². The summed E-state index contributed by atoms with van der Waals surface area (Å²) in [5, 5.41) is 0.853. The minimum Gasteiger partial charge on any atom is -0.462 e. The molecule has 0 fully saturated rings. The largest absolute Gasteiger partial charge is 0.462 e. The van der Waals surface area contributed by atoms with Crippen LogP contribution in [-0.2, 0) is 4.74 Å². The zero-order valence-electron chi connectivity index (χ0n) is 11.4. The minimum absolute atomic E-state index is 0.119. The Bertz CT molecular complexity index is 849. The lowest BCUT2D eigenvalue weighted by Gasteiger charge is -2.06. The van der Waals surface area contributed by atoms with Crippen LogP contribution in [0.4, 0.5) is 0 Å². The van der Waals surface area contributed by atoms with Crippen molar-refractivity contribution in [2.45, 2.75) is 6.92 Å². The first-order chi connectivity index (χ1) is 10.2. The van der Waals surface area contributed by atoms with Gasteiger partial charge in [-0.2, -0.15) is 0 Å². The fraction of sp³-hybridized carbons (Fsp3) is 0.125. The van der Waals surface area contributed by atoms with Gasteiger partial charge >= 0.3 is 5.97 Å². The minimum atomic E-state index is -0.356. The van der Waals surface area contributed by atoms with Gasteiger partial charge in [0, 0.05) is 11.5 Å². The molecule has 0 amide bonds. The molecule has 0 bridgehead atoms. The normalized spacial score (nSPS) is 10.7. The van der Waals surface area contributed by atoms with Crippen LogP contribution in [0.25, 0.3) is 15.9 Å². The van der Waals surface area contributed by atoms with E-state index in [4.69, 9.17) is 4.74 Å². The van der Waals surface area contributed by atoms with Gasteiger partial charge in [0.2, 0.25) is 0 Å². The van der Waals surface area contributed by atoms with Crippen LogP contribution in [-0.4, -0.2) is 17.1 Å². The molecule has 5 heteroatoms. The number of hydrogen-bond donors (Lipinski definition) is 0. The average Bonchev–Trinajstić information content (AvgIpc) is 2.92. The molecule has 0 unspecified atom stereocenters. The number of para-hydroxylation sites is 1. The summed E-state index contributed by atoms with van der Waals surface area (Å²) in [6, 6.07) is 14.4. The average molecular weight is 299 g/mol. The van der Waals surface area contributed by atoms with Gasteiger partial charge in [0.25, 0.3) is 5.56 Å². The molecule has 2 heterocycles. The second-order valence-corrected chi connectivity index (χ2v) is 5.46. The van der Waals surface area contributed by atoms with E-state index >= 15 is 0 Å². The summed E-state index contributed by atoms with van der Waals surface area (Å²) in [6.07, 6.45) is 0. The van der Waals surface area contributed by atoms with Gasteiger partial charge in [-0.05, 0) is 31.2 Å². The van der Waals surface area contributed by atoms with E-state index in [-0.39, 0.29) is 11.5 Å². The van der Waals surface area contributed by atoms with Crippen LogP contribution in [0.1, 0.15) is 16.6 Å². The van der Waals surface area contributed by atoms with Crippen LogP contribution in [0.15, 0.2) is 53.3 Å². The molecular formula is C16H13NO3S. The van der Waals surface area contributed by atoms with Crippen molar-refractivity contribution in [1.29, 1.82) is 0 Å². The molecule has 0 radical (unpaired) electrons. The lowest BCUT2D eigenvalue weighted by atomic mass is 10.2. The second kappa shape index (κ2) is 5.54. The van der Waals surface area contributed by atoms with E-state index in [0.717, 1.165) is 15.9 Å². The van der Waals surface area contributed by atoms with Crippen LogP contribution in [0.3, 0.4) is 0 Å². The number of carbonyl (C=O) groups is 1. The number of rotatable bonds is 3. The van der Waals surface area contributed by atoms with Crippen molar-refractivity contribution in [1.82, 2.24) is 4.57 Å². The highest BCUT2D eigenvalue weighted by Gasteiger charge is 2.14. The Morgan fingerprint density at radius 2 is 1.95 bits per heavy atom. The van der Waals surface area contributed by atoms with Gasteiger partial charge in [0.15, 0.2) is 0 Å². The molecule has 0 saturated carbocycles. The van der Waals surface area contributed by atoms with Crippen molar-refractivity contribution in [3.05, 3.63) is 63.8 Å². The highest BCUT2D eigenvalue weighted by atomic mass is 32.1. The first kappa shape index (κ1) is 13.6. The van der Waals surface area contributed by atoms with Gasteiger partial charge in [-0.3, -0.25) is 9.36 Å². The number of thiophene rings is 1. The van der Waals surface area contributed by atoms with Gasteiger partial charge < -0.3 is 4.74 Å². The fourth-order valence-corrected chi connectivity index (χ4v) is 3.22. The molecular weight excluding hydrogens is 286 g/mol. The monoisotopic (exact) mass is 299 g/mol. The summed E-state index contributed by atoms with van der Waals surface area (Å²) >= 11 is 1.27. The number of fused-ring (bicyclic) bond motifs is 1. The zero-order valence-corrected chi connectivity index (χ0v) is 12.2. The third kappa shape index (κ3) is 2.48. The van der Waals surface area contributed by atoms with Crippen LogP contribution in [0, 0.1) is 0 Å². The van der Waals surface area contributed by atoms with E-state index in [0.29, 0.717) is 11.5 Å². The summed E-state index contributed by atoms with van der Waals surface area (Å²) in [7, 11) is 0. The Kier molecular flexibility index (Phi) is 3.58. The lowest BCUT2D eigenvalue weighted by Crippen LogP contribution is -2.16. The number of carbonyl (C=O) groups excluding carboxylic acids is 1. The van der Waals surface area contributed by atoms with Gasteiger partial charge in [-0.15, -0.1) is 11.3 Å². The predicted molar refractivity (Wildman–Crippen MR) is 83.4 cm³/mol. The van der Waals surface area contributed by atoms with Crippen LogP contribution in [0.5, 0.6) is 0 Å². The van der Waals surface area contributed by atoms with Crippen molar-refractivity contribution in [3.8, 4) is 5.69 Å². The molecule has 0 saturated heterocycles. The van der Waals surface area contributed by atoms with E-state index in [9.17, 15) is 9.59 Å². The number of benzene rings is 1. The molecule has 4 nitrogen and oxygen atoms in total. The van der Waals surface area contributed by atoms with Gasteiger partial charge in [-0.25, -0.2) is 4.79 Å². The molecule has 0 aliphatic carbocycles. The molecule has 1 aromatic carbocycles. The second-order valence-electron chi connectivity index (χ2n) is 4.43. The fourth-order valence-electron chi connectivity index (χ4n) is 2.15. The van der Waals surface area contributed by atoms with E-state index in [1.807, 2.05) is 30.3 Å². The number of ether oxygens (including phenoxy) is 1. The maximum absolute atomic E-state index is 12.2. The van der Waals surface area contributed by atoms with Crippen LogP contribution < -0.4 is 5.56 Å². The molecule has 2 aromatic heterocycles. The first-order valence-corrected chi connectivity index (χ1v) is 7.40. The summed E-state index contributed by atoms with van der Waals surface area (Å²) < 4.78 is 6.63. The Morgan fingerprint density at radius 1 is 1.19 bits per heavy atom. The third-order valence-electron chi connectivity index (χ3n) is 3.06. The van der Waals surface area contributed by atoms with E-state index in [1.54, 1.807) is 23.6 Å². The summed E-state index contributed by atoms with van der Waals surface area (Å²) in [5.41, 5.74) is 0.663. The SMILES string of the molecule is CCOC(=O)c1cc2ccc(=O)n(-c3ccccc3)c2s1. The van der Waals surface area contributed by atoms with Crippen LogP contribution in [0.2, 0.25) is 0 Å². The van der Waals surface area contributed by atoms with Crippen molar-refractivity contribution in [2.24, 2.45) is 0 Å². The quantitative estimate of drug-likeness (QED) is 0.698. The molecule has 106 valence electrons. The molecule has 0 aliphatic heterocycles. The van der Waals surface area contributed by atoms with E-state index < -0.39 is 0 Å². The highest BCUT2D eigenvalue weighted by molar-refractivity contribution is 7.20. The number of nitrogens with zero attached hydrogens (tertiary/aromatic N) is 1. The smallest absolute Gasteiger partial charge is 0.348 e. The predicted octanol–water partition coefficient (Wildman–Crippen LogP) is 3.23. The maximum atomic E-state index is 12.2. The maximum Gasteiger partial charge on any atom is 0.348 e. The number of pyridine rings is 1. The third-order valence-corrected chi connectivity index (χ3v) is 4.18. The Morgan fingerprint density at radius 3 is 2.67 bits per heavy atom. The molecule has 0 atom stereocenters. The molecule has 3 rings (SSSR count). The summed E-state index contributed by atoms with van der Waals surface area (Å²) in [6.45, 7) is 2.10. The molecule has 21 heavy (non-hydrogen) atoms. The van der Waals surface area contributed by atoms with E-state index in [1.165, 1.54) is 17.4 Å². The molecule has 0 spiro atoms. The Balaban J connectivity index is 2.22. The molecule has 0 aliphatic rings. The van der Waals surface area contributed by atoms with E-state index in [2.05, 4.69) is 0 Å². The van der Waals surface area contributed by atoms with Gasteiger partial charge in [0.05, 0.1) is 12.3 Å².